The van der Waals surface area contributed by atoms with Gasteiger partial charge in [0.15, 0.2) is 0 Å². The van der Waals surface area contributed by atoms with Gasteiger partial charge in [-0.2, -0.15) is 0 Å². The molecule has 0 spiro atoms. The SMILES string of the molecule is CCCC(O)C(O)CC(C)c1ccc(Oc2ccccc2)cc1C. The topological polar surface area (TPSA) is 49.7 Å². The van der Waals surface area contributed by atoms with E-state index in [1.54, 1.807) is 0 Å². The number of para-hydroxylation sites is 1. The Kier molecular flexibility index (Phi) is 6.83. The van der Waals surface area contributed by atoms with Crippen LogP contribution in [0, 0.1) is 6.92 Å². The van der Waals surface area contributed by atoms with Crippen LogP contribution in [0.25, 0.3) is 0 Å². The van der Waals surface area contributed by atoms with Gasteiger partial charge in [-0.1, -0.05) is 44.5 Å². The van der Waals surface area contributed by atoms with E-state index in [0.717, 1.165) is 23.5 Å². The molecule has 0 radical (unpaired) electrons. The Morgan fingerprint density at radius 3 is 2.29 bits per heavy atom. The van der Waals surface area contributed by atoms with Crippen molar-refractivity contribution >= 4 is 0 Å². The van der Waals surface area contributed by atoms with Crippen LogP contribution in [-0.4, -0.2) is 22.4 Å². The van der Waals surface area contributed by atoms with E-state index in [1.165, 1.54) is 5.56 Å². The second-order valence-electron chi connectivity index (χ2n) is 6.49. The maximum Gasteiger partial charge on any atom is 0.127 e. The van der Waals surface area contributed by atoms with Crippen molar-refractivity contribution in [2.45, 2.75) is 58.2 Å². The summed E-state index contributed by atoms with van der Waals surface area (Å²) in [6.07, 6.45) is 0.743. The second-order valence-corrected chi connectivity index (χ2v) is 6.49. The Morgan fingerprint density at radius 1 is 0.958 bits per heavy atom. The van der Waals surface area contributed by atoms with Crippen molar-refractivity contribution in [2.75, 3.05) is 0 Å². The summed E-state index contributed by atoms with van der Waals surface area (Å²) in [5.74, 6) is 1.80. The molecule has 2 N–H and O–H groups in total. The molecule has 3 nitrogen and oxygen atoms in total. The van der Waals surface area contributed by atoms with Gasteiger partial charge in [0.2, 0.25) is 0 Å². The van der Waals surface area contributed by atoms with E-state index in [1.807, 2.05) is 49.4 Å². The van der Waals surface area contributed by atoms with Crippen molar-refractivity contribution in [1.82, 2.24) is 0 Å². The fourth-order valence-corrected chi connectivity index (χ4v) is 3.02. The fraction of sp³-hybridized carbons (Fsp3) is 0.429. The summed E-state index contributed by atoms with van der Waals surface area (Å²) in [4.78, 5) is 0. The normalized spacial score (nSPS) is 14.9. The zero-order valence-corrected chi connectivity index (χ0v) is 14.8. The first-order chi connectivity index (χ1) is 11.5. The van der Waals surface area contributed by atoms with E-state index < -0.39 is 12.2 Å². The van der Waals surface area contributed by atoms with Gasteiger partial charge in [-0.05, 0) is 61.1 Å². The van der Waals surface area contributed by atoms with Crippen LogP contribution in [0.2, 0.25) is 0 Å². The Balaban J connectivity index is 2.03. The molecule has 0 aliphatic carbocycles. The van der Waals surface area contributed by atoms with Gasteiger partial charge >= 0.3 is 0 Å². The summed E-state index contributed by atoms with van der Waals surface area (Å²) in [6.45, 7) is 6.15. The number of rotatable bonds is 8. The predicted octanol–water partition coefficient (Wildman–Crippen LogP) is 4.80. The van der Waals surface area contributed by atoms with Gasteiger partial charge in [0.05, 0.1) is 12.2 Å². The third kappa shape index (κ3) is 5.08. The molecule has 0 aromatic heterocycles. The molecule has 0 amide bonds. The van der Waals surface area contributed by atoms with E-state index >= 15 is 0 Å². The molecular formula is C21H28O3. The standard InChI is InChI=1S/C21H28O3/c1-4-8-20(22)21(23)14-16(3)19-12-11-18(13-15(19)2)24-17-9-6-5-7-10-17/h5-7,9-13,16,20-23H,4,8,14H2,1-3H3. The number of hydrogen-bond acceptors (Lipinski definition) is 3. The summed E-state index contributed by atoms with van der Waals surface area (Å²) in [5.41, 5.74) is 2.31. The lowest BCUT2D eigenvalue weighted by Crippen LogP contribution is -2.27. The summed E-state index contributed by atoms with van der Waals surface area (Å²) in [6, 6.07) is 15.7. The zero-order chi connectivity index (χ0) is 17.5. The molecule has 2 rings (SSSR count). The number of hydrogen-bond donors (Lipinski definition) is 2. The maximum atomic E-state index is 10.1. The van der Waals surface area contributed by atoms with Crippen LogP contribution in [0.15, 0.2) is 48.5 Å². The van der Waals surface area contributed by atoms with Gasteiger partial charge in [0.1, 0.15) is 11.5 Å². The van der Waals surface area contributed by atoms with Gasteiger partial charge < -0.3 is 14.9 Å². The average Bonchev–Trinajstić information content (AvgIpc) is 2.56. The van der Waals surface area contributed by atoms with Crippen molar-refractivity contribution < 1.29 is 14.9 Å². The molecule has 0 aliphatic rings. The Hall–Kier alpha value is -1.84. The highest BCUT2D eigenvalue weighted by molar-refractivity contribution is 5.39. The molecule has 3 heteroatoms. The van der Waals surface area contributed by atoms with Crippen molar-refractivity contribution in [2.24, 2.45) is 0 Å². The van der Waals surface area contributed by atoms with Gasteiger partial charge in [0.25, 0.3) is 0 Å². The summed E-state index contributed by atoms with van der Waals surface area (Å²) < 4.78 is 5.86. The van der Waals surface area contributed by atoms with Crippen LogP contribution in [0.1, 0.15) is 50.2 Å². The molecule has 130 valence electrons. The van der Waals surface area contributed by atoms with Crippen LogP contribution in [0.3, 0.4) is 0 Å². The monoisotopic (exact) mass is 328 g/mol. The lowest BCUT2D eigenvalue weighted by molar-refractivity contribution is 0.00635. The molecular weight excluding hydrogens is 300 g/mol. The number of aryl methyl sites for hydroxylation is 1. The molecule has 0 aliphatic heterocycles. The lowest BCUT2D eigenvalue weighted by Gasteiger charge is -2.22. The van der Waals surface area contributed by atoms with E-state index in [4.69, 9.17) is 4.74 Å². The largest absolute Gasteiger partial charge is 0.457 e. The molecule has 3 unspecified atom stereocenters. The molecule has 3 atom stereocenters. The fourth-order valence-electron chi connectivity index (χ4n) is 3.02. The molecule has 0 heterocycles. The summed E-state index contributed by atoms with van der Waals surface area (Å²) >= 11 is 0. The second kappa shape index (κ2) is 8.86. The summed E-state index contributed by atoms with van der Waals surface area (Å²) in [7, 11) is 0. The first kappa shape index (κ1) is 18.5. The first-order valence-corrected chi connectivity index (χ1v) is 8.70. The zero-order valence-electron chi connectivity index (χ0n) is 14.8. The third-order valence-corrected chi connectivity index (χ3v) is 4.37. The molecule has 0 fully saturated rings. The first-order valence-electron chi connectivity index (χ1n) is 8.70. The van der Waals surface area contributed by atoms with Crippen LogP contribution in [0.5, 0.6) is 11.5 Å². The minimum Gasteiger partial charge on any atom is -0.457 e. The third-order valence-electron chi connectivity index (χ3n) is 4.37. The highest BCUT2D eigenvalue weighted by Gasteiger charge is 2.20. The highest BCUT2D eigenvalue weighted by atomic mass is 16.5. The van der Waals surface area contributed by atoms with Gasteiger partial charge in [-0.3, -0.25) is 0 Å². The minimum atomic E-state index is -0.681. The minimum absolute atomic E-state index is 0.178. The molecule has 0 saturated carbocycles. The average molecular weight is 328 g/mol. The molecule has 2 aromatic carbocycles. The molecule has 24 heavy (non-hydrogen) atoms. The van der Waals surface area contributed by atoms with E-state index in [-0.39, 0.29) is 5.92 Å². The van der Waals surface area contributed by atoms with E-state index in [0.29, 0.717) is 12.8 Å². The highest BCUT2D eigenvalue weighted by Crippen LogP contribution is 2.30. The van der Waals surface area contributed by atoms with E-state index in [2.05, 4.69) is 19.9 Å². The Labute approximate surface area is 144 Å². The smallest absolute Gasteiger partial charge is 0.127 e. The number of aliphatic hydroxyl groups excluding tert-OH is 2. The Bertz CT molecular complexity index is 624. The van der Waals surface area contributed by atoms with Crippen molar-refractivity contribution in [3.63, 3.8) is 0 Å². The van der Waals surface area contributed by atoms with Gasteiger partial charge in [-0.25, -0.2) is 0 Å². The molecule has 2 aromatic rings. The van der Waals surface area contributed by atoms with Gasteiger partial charge in [0, 0.05) is 0 Å². The molecule has 0 bridgehead atoms. The number of benzene rings is 2. The van der Waals surface area contributed by atoms with E-state index in [9.17, 15) is 10.2 Å². The summed E-state index contributed by atoms with van der Waals surface area (Å²) in [5, 5.41) is 20.1. The van der Waals surface area contributed by atoms with Crippen LogP contribution in [0.4, 0.5) is 0 Å². The predicted molar refractivity (Wildman–Crippen MR) is 97.6 cm³/mol. The van der Waals surface area contributed by atoms with Crippen LogP contribution >= 0.6 is 0 Å². The van der Waals surface area contributed by atoms with Crippen LogP contribution in [-0.2, 0) is 0 Å². The maximum absolute atomic E-state index is 10.1. The van der Waals surface area contributed by atoms with Crippen molar-refractivity contribution in [3.05, 3.63) is 59.7 Å². The number of aliphatic hydroxyl groups is 2. The Morgan fingerprint density at radius 2 is 1.67 bits per heavy atom. The van der Waals surface area contributed by atoms with Crippen molar-refractivity contribution in [1.29, 1.82) is 0 Å². The molecule has 0 saturated heterocycles. The lowest BCUT2D eigenvalue weighted by atomic mass is 9.89. The van der Waals surface area contributed by atoms with Crippen LogP contribution < -0.4 is 4.74 Å². The number of ether oxygens (including phenoxy) is 1. The quantitative estimate of drug-likeness (QED) is 0.731. The van der Waals surface area contributed by atoms with Gasteiger partial charge in [-0.15, -0.1) is 0 Å². The van der Waals surface area contributed by atoms with Crippen molar-refractivity contribution in [3.8, 4) is 11.5 Å².